The minimum absolute atomic E-state index is 0.0612. The Labute approximate surface area is 232 Å². The first-order valence-corrected chi connectivity index (χ1v) is 14.4. The van der Waals surface area contributed by atoms with Gasteiger partial charge in [-0.05, 0) is 32.9 Å². The van der Waals surface area contributed by atoms with E-state index in [0.717, 1.165) is 0 Å². The molecule has 1 amide bonds. The van der Waals surface area contributed by atoms with Crippen LogP contribution in [0, 0.1) is 0 Å². The summed E-state index contributed by atoms with van der Waals surface area (Å²) in [5.74, 6) is 0. The van der Waals surface area contributed by atoms with Gasteiger partial charge in [-0.1, -0.05) is 18.2 Å². The molecule has 0 aliphatic heterocycles. The van der Waals surface area contributed by atoms with E-state index in [0.29, 0.717) is 79.2 Å². The topological polar surface area (TPSA) is 128 Å². The van der Waals surface area contributed by atoms with E-state index in [1.165, 1.54) is 17.0 Å². The van der Waals surface area contributed by atoms with E-state index in [9.17, 15) is 13.2 Å². The third-order valence-electron chi connectivity index (χ3n) is 4.63. The van der Waals surface area contributed by atoms with Crippen molar-refractivity contribution in [1.29, 1.82) is 0 Å². The van der Waals surface area contributed by atoms with E-state index in [4.69, 9.17) is 37.3 Å². The predicted molar refractivity (Wildman–Crippen MR) is 143 cm³/mol. The van der Waals surface area contributed by atoms with Crippen molar-refractivity contribution in [2.45, 2.75) is 31.3 Å². The highest BCUT2D eigenvalue weighted by molar-refractivity contribution is 7.86. The Bertz CT molecular complexity index is 847. The largest absolute Gasteiger partial charge is 0.444 e. The first kappa shape index (κ1) is 35.2. The number of nitrogens with zero attached hydrogens (tertiary/aromatic N) is 1. The molecule has 0 heterocycles. The number of carbonyl (C=O) groups excluding carboxylic acids is 1. The van der Waals surface area contributed by atoms with E-state index >= 15 is 0 Å². The minimum Gasteiger partial charge on any atom is -0.444 e. The normalized spacial score (nSPS) is 12.0. The Hall–Kier alpha value is -1.84. The molecule has 0 bridgehead atoms. The molecule has 0 N–H and O–H groups in total. The van der Waals surface area contributed by atoms with Crippen LogP contribution in [-0.4, -0.2) is 124 Å². The molecule has 0 aliphatic rings. The van der Waals surface area contributed by atoms with Crippen molar-refractivity contribution in [1.82, 2.24) is 4.90 Å². The standard InChI is InChI=1S/C26H45NO11S/c1-26(2,3)38-25(28)27(4)10-11-31-12-13-32-14-15-33-16-17-34-18-19-35-20-21-36-22-23-37-39(29,30)24-8-6-5-7-9-24/h5-9H,10-23H2,1-4H3. The molecule has 0 unspecified atom stereocenters. The van der Waals surface area contributed by atoms with Crippen LogP contribution in [0.3, 0.4) is 0 Å². The van der Waals surface area contributed by atoms with Crippen molar-refractivity contribution in [3.05, 3.63) is 30.3 Å². The Morgan fingerprint density at radius 1 is 0.667 bits per heavy atom. The number of likely N-dealkylation sites (N-methyl/N-ethyl adjacent to an activating group) is 1. The molecule has 39 heavy (non-hydrogen) atoms. The summed E-state index contributed by atoms with van der Waals surface area (Å²) < 4.78 is 66.5. The van der Waals surface area contributed by atoms with Crippen LogP contribution in [0.25, 0.3) is 0 Å². The SMILES string of the molecule is CN(CCOCCOCCOCCOCCOCCOCCOS(=O)(=O)c1ccccc1)C(=O)OC(C)(C)C. The average molecular weight is 580 g/mol. The van der Waals surface area contributed by atoms with Crippen molar-refractivity contribution >= 4 is 16.2 Å². The Balaban J connectivity index is 1.78. The molecule has 0 radical (unpaired) electrons. The number of carbonyl (C=O) groups is 1. The number of ether oxygens (including phenoxy) is 7. The first-order valence-electron chi connectivity index (χ1n) is 13.0. The van der Waals surface area contributed by atoms with Crippen LogP contribution in [0.4, 0.5) is 4.79 Å². The number of rotatable bonds is 23. The van der Waals surface area contributed by atoms with Crippen LogP contribution in [0.15, 0.2) is 35.2 Å². The maximum atomic E-state index is 11.9. The molecule has 1 aromatic carbocycles. The number of hydrogen-bond donors (Lipinski definition) is 0. The van der Waals surface area contributed by atoms with Gasteiger partial charge in [0.15, 0.2) is 0 Å². The fourth-order valence-electron chi connectivity index (χ4n) is 2.69. The average Bonchev–Trinajstić information content (AvgIpc) is 2.89. The van der Waals surface area contributed by atoms with Gasteiger partial charge in [0.25, 0.3) is 10.1 Å². The molecule has 13 heteroatoms. The van der Waals surface area contributed by atoms with Gasteiger partial charge >= 0.3 is 6.09 Å². The Morgan fingerprint density at radius 2 is 1.05 bits per heavy atom. The second-order valence-electron chi connectivity index (χ2n) is 9.17. The predicted octanol–water partition coefficient (Wildman–Crippen LogP) is 2.36. The molecule has 0 aromatic heterocycles. The lowest BCUT2D eigenvalue weighted by Crippen LogP contribution is -2.36. The minimum atomic E-state index is -3.76. The summed E-state index contributed by atoms with van der Waals surface area (Å²) in [4.78, 5) is 13.4. The van der Waals surface area contributed by atoms with E-state index in [2.05, 4.69) is 0 Å². The summed E-state index contributed by atoms with van der Waals surface area (Å²) >= 11 is 0. The molecule has 0 saturated heterocycles. The monoisotopic (exact) mass is 579 g/mol. The summed E-state index contributed by atoms with van der Waals surface area (Å²) in [6.45, 7) is 10.6. The van der Waals surface area contributed by atoms with Gasteiger partial charge in [-0.15, -0.1) is 0 Å². The zero-order valence-electron chi connectivity index (χ0n) is 23.6. The first-order chi connectivity index (χ1) is 18.6. The van der Waals surface area contributed by atoms with Gasteiger partial charge in [0.1, 0.15) is 5.60 Å². The molecule has 226 valence electrons. The van der Waals surface area contributed by atoms with Gasteiger partial charge in [-0.2, -0.15) is 8.42 Å². The molecule has 0 fully saturated rings. The van der Waals surface area contributed by atoms with Gasteiger partial charge in [0.2, 0.25) is 0 Å². The quantitative estimate of drug-likeness (QED) is 0.140. The smallest absolute Gasteiger partial charge is 0.410 e. The van der Waals surface area contributed by atoms with Crippen molar-refractivity contribution in [3.63, 3.8) is 0 Å². The zero-order valence-corrected chi connectivity index (χ0v) is 24.4. The van der Waals surface area contributed by atoms with E-state index in [1.807, 2.05) is 20.8 Å². The van der Waals surface area contributed by atoms with E-state index in [-0.39, 0.29) is 24.2 Å². The lowest BCUT2D eigenvalue weighted by Gasteiger charge is -2.24. The summed E-state index contributed by atoms with van der Waals surface area (Å²) in [6, 6.07) is 7.96. The van der Waals surface area contributed by atoms with Crippen molar-refractivity contribution in [3.8, 4) is 0 Å². The highest BCUT2D eigenvalue weighted by Gasteiger charge is 2.19. The summed E-state index contributed by atoms with van der Waals surface area (Å²) in [6.07, 6.45) is -0.375. The second kappa shape index (κ2) is 21.0. The number of amides is 1. The summed E-state index contributed by atoms with van der Waals surface area (Å²) in [7, 11) is -2.09. The number of hydrogen-bond acceptors (Lipinski definition) is 11. The lowest BCUT2D eigenvalue weighted by molar-refractivity contribution is -0.0187. The molecule has 0 aliphatic carbocycles. The van der Waals surface area contributed by atoms with Gasteiger partial charge in [0.05, 0.1) is 90.8 Å². The van der Waals surface area contributed by atoms with Crippen LogP contribution in [-0.2, 0) is 47.5 Å². The fourth-order valence-corrected chi connectivity index (χ4v) is 3.61. The molecule has 0 spiro atoms. The number of benzene rings is 1. The van der Waals surface area contributed by atoms with Crippen LogP contribution in [0.5, 0.6) is 0 Å². The molecular weight excluding hydrogens is 534 g/mol. The fraction of sp³-hybridized carbons (Fsp3) is 0.731. The Morgan fingerprint density at radius 3 is 1.46 bits per heavy atom. The molecule has 0 atom stereocenters. The lowest BCUT2D eigenvalue weighted by atomic mass is 10.2. The van der Waals surface area contributed by atoms with Crippen molar-refractivity contribution in [2.75, 3.05) is 99.5 Å². The molecule has 12 nitrogen and oxygen atoms in total. The van der Waals surface area contributed by atoms with Gasteiger partial charge in [-0.25, -0.2) is 4.79 Å². The van der Waals surface area contributed by atoms with Crippen LogP contribution in [0.1, 0.15) is 20.8 Å². The molecule has 1 aromatic rings. The van der Waals surface area contributed by atoms with Crippen molar-refractivity contribution in [2.24, 2.45) is 0 Å². The maximum Gasteiger partial charge on any atom is 0.410 e. The third kappa shape index (κ3) is 19.8. The Kier molecular flexibility index (Phi) is 18.9. The van der Waals surface area contributed by atoms with Crippen LogP contribution >= 0.6 is 0 Å². The van der Waals surface area contributed by atoms with E-state index < -0.39 is 15.7 Å². The van der Waals surface area contributed by atoms with Crippen molar-refractivity contribution < 1.29 is 50.6 Å². The maximum absolute atomic E-state index is 11.9. The third-order valence-corrected chi connectivity index (χ3v) is 5.96. The van der Waals surface area contributed by atoms with E-state index in [1.54, 1.807) is 25.2 Å². The van der Waals surface area contributed by atoms with Crippen LogP contribution < -0.4 is 0 Å². The molecular formula is C26H45NO11S. The summed E-state index contributed by atoms with van der Waals surface area (Å²) in [5.41, 5.74) is -0.517. The van der Waals surface area contributed by atoms with Gasteiger partial charge in [0, 0.05) is 13.6 Å². The van der Waals surface area contributed by atoms with Gasteiger partial charge < -0.3 is 38.1 Å². The zero-order chi connectivity index (χ0) is 28.8. The van der Waals surface area contributed by atoms with Crippen LogP contribution in [0.2, 0.25) is 0 Å². The van der Waals surface area contributed by atoms with Gasteiger partial charge in [-0.3, -0.25) is 4.18 Å². The highest BCUT2D eigenvalue weighted by atomic mass is 32.2. The highest BCUT2D eigenvalue weighted by Crippen LogP contribution is 2.11. The molecule has 0 saturated carbocycles. The molecule has 1 rings (SSSR count). The second-order valence-corrected chi connectivity index (χ2v) is 10.8. The summed E-state index contributed by atoms with van der Waals surface area (Å²) in [5, 5.41) is 0.